The third-order valence-electron chi connectivity index (χ3n) is 21.5. The molecule has 16 atom stereocenters. The summed E-state index contributed by atoms with van der Waals surface area (Å²) < 4.78 is 0. The Hall–Kier alpha value is -0.340. The standard InChI is InChI=1S/C28H48N2O2.C23H37BrO2.2CH4/c1-5-28-13-12-26(2,32)18-20(28)6-7-21-22-8-9-24(27(22,3)11-10-23(21)28)25(31)19-30-16-14-29(4)15-17-30;1-4-23-12-11-21(2,26)13-15(23)5-6-16-17-7-8-19(20(25)14-24)22(17,3)10-9-18(16)23;;/h20-24,32H,5-19H2,1-4H3;15-19,26H,4-14H2,1-3H3;2*1H4/t20-,21-,22-,23-,24+,26+,27-,28-;15-,16-,17-,18-,19+,21+,22-,23-;;/m00../s1. The fraction of sp³-hybridized carbons (Fsp3) is 0.962. The van der Waals surface area contributed by atoms with Crippen molar-refractivity contribution in [3.8, 4) is 0 Å². The number of carbonyl (C=O) groups is 2. The second-order valence-corrected chi connectivity index (χ2v) is 24.4. The van der Waals surface area contributed by atoms with Gasteiger partial charge in [0.2, 0.25) is 0 Å². The van der Waals surface area contributed by atoms with Crippen LogP contribution in [0.15, 0.2) is 0 Å². The second kappa shape index (κ2) is 18.1. The van der Waals surface area contributed by atoms with Crippen LogP contribution in [-0.2, 0) is 9.59 Å². The summed E-state index contributed by atoms with van der Waals surface area (Å²) in [5, 5.41) is 22.0. The van der Waals surface area contributed by atoms with Crippen molar-refractivity contribution in [1.29, 1.82) is 0 Å². The van der Waals surface area contributed by atoms with Crippen LogP contribution >= 0.6 is 15.9 Å². The number of hydrogen-bond acceptors (Lipinski definition) is 6. The highest BCUT2D eigenvalue weighted by atomic mass is 79.9. The number of halogens is 1. The second-order valence-electron chi connectivity index (χ2n) is 23.9. The molecule has 1 saturated heterocycles. The molecule has 0 unspecified atom stereocenters. The van der Waals surface area contributed by atoms with Crippen LogP contribution in [0.5, 0.6) is 0 Å². The quantitative estimate of drug-likeness (QED) is 0.248. The number of likely N-dealkylation sites (N-methyl/N-ethyl adjacent to an activating group) is 1. The molecule has 0 bridgehead atoms. The van der Waals surface area contributed by atoms with Gasteiger partial charge in [-0.05, 0) is 218 Å². The van der Waals surface area contributed by atoms with Crippen molar-refractivity contribution in [2.45, 2.75) is 196 Å². The van der Waals surface area contributed by atoms with E-state index in [1.807, 2.05) is 0 Å². The first kappa shape index (κ1) is 49.1. The van der Waals surface area contributed by atoms with Gasteiger partial charge in [0.1, 0.15) is 11.6 Å². The van der Waals surface area contributed by atoms with Gasteiger partial charge in [0.15, 0.2) is 0 Å². The number of hydrogen-bond donors (Lipinski definition) is 2. The number of ketones is 2. The minimum Gasteiger partial charge on any atom is -0.390 e. The number of alkyl halides is 1. The third kappa shape index (κ3) is 8.26. The smallest absolute Gasteiger partial charge is 0.150 e. The zero-order valence-electron chi connectivity index (χ0n) is 38.1. The number of piperazine rings is 1. The lowest BCUT2D eigenvalue weighted by Crippen LogP contribution is -2.57. The highest BCUT2D eigenvalue weighted by Crippen LogP contribution is 2.71. The van der Waals surface area contributed by atoms with Crippen molar-refractivity contribution in [2.75, 3.05) is 45.1 Å². The predicted molar refractivity (Wildman–Crippen MR) is 252 cm³/mol. The topological polar surface area (TPSA) is 81.1 Å². The molecule has 8 aliphatic carbocycles. The SMILES string of the molecule is C.C.CC[C@]12CC[C@@](C)(O)C[C@@H]1CC[C@H]1[C@@H]3CC[C@H](C(=O)CBr)[C@@]3(C)CC[C@@H]12.CC[C@]12CC[C@@](C)(O)C[C@@H]1CC[C@H]1[C@@H]3CC[C@H](C(=O)CN4CCN(C)CC4)[C@@]3(C)CC[C@@H]12. The van der Waals surface area contributed by atoms with E-state index >= 15 is 0 Å². The van der Waals surface area contributed by atoms with Crippen molar-refractivity contribution < 1.29 is 19.8 Å². The van der Waals surface area contributed by atoms with E-state index in [1.54, 1.807) is 0 Å². The Balaban J connectivity index is 0.000000199. The fourth-order valence-electron chi connectivity index (χ4n) is 18.4. The molecule has 0 aromatic carbocycles. The summed E-state index contributed by atoms with van der Waals surface area (Å²) >= 11 is 3.44. The maximum atomic E-state index is 13.6. The van der Waals surface area contributed by atoms with Gasteiger partial charge < -0.3 is 15.1 Å². The Bertz CT molecular complexity index is 1510. The Morgan fingerprint density at radius 1 is 0.567 bits per heavy atom. The lowest BCUT2D eigenvalue weighted by molar-refractivity contribution is -0.158. The Morgan fingerprint density at radius 3 is 1.42 bits per heavy atom. The van der Waals surface area contributed by atoms with Gasteiger partial charge in [0, 0.05) is 38.0 Å². The van der Waals surface area contributed by atoms with Crippen LogP contribution in [0.3, 0.4) is 0 Å². The van der Waals surface area contributed by atoms with Gasteiger partial charge in [-0.3, -0.25) is 14.5 Å². The lowest BCUT2D eigenvalue weighted by atomic mass is 9.42. The zero-order valence-corrected chi connectivity index (χ0v) is 39.7. The maximum absolute atomic E-state index is 13.6. The van der Waals surface area contributed by atoms with E-state index in [1.165, 1.54) is 89.9 Å². The summed E-state index contributed by atoms with van der Waals surface area (Å²) in [5.41, 5.74) is 0.493. The van der Waals surface area contributed by atoms with Crippen LogP contribution in [0.2, 0.25) is 0 Å². The van der Waals surface area contributed by atoms with Gasteiger partial charge in [-0.2, -0.15) is 0 Å². The van der Waals surface area contributed by atoms with Crippen LogP contribution in [0.1, 0.15) is 185 Å². The van der Waals surface area contributed by atoms with Gasteiger partial charge >= 0.3 is 0 Å². The number of carbonyl (C=O) groups excluding carboxylic acids is 2. The molecule has 346 valence electrons. The average molecular weight is 902 g/mol. The minimum atomic E-state index is -0.451. The molecular formula is C53H93BrN2O4. The molecule has 0 radical (unpaired) electrons. The Labute approximate surface area is 377 Å². The molecule has 1 heterocycles. The summed E-state index contributed by atoms with van der Waals surface area (Å²) in [5.74, 6) is 7.77. The van der Waals surface area contributed by atoms with Crippen LogP contribution in [0.4, 0.5) is 0 Å². The first-order valence-corrected chi connectivity index (χ1v) is 26.0. The molecule has 9 rings (SSSR count). The molecule has 6 nitrogen and oxygen atoms in total. The third-order valence-corrected chi connectivity index (χ3v) is 22.1. The summed E-state index contributed by atoms with van der Waals surface area (Å²) in [7, 11) is 2.19. The van der Waals surface area contributed by atoms with Crippen molar-refractivity contribution in [2.24, 2.45) is 80.8 Å². The van der Waals surface area contributed by atoms with Crippen molar-refractivity contribution in [1.82, 2.24) is 9.80 Å². The summed E-state index contributed by atoms with van der Waals surface area (Å²) in [6.07, 6.45) is 24.2. The Morgan fingerprint density at radius 2 is 1.00 bits per heavy atom. The Kier molecular flexibility index (Phi) is 14.9. The van der Waals surface area contributed by atoms with Crippen molar-refractivity contribution >= 4 is 27.5 Å². The fourth-order valence-corrected chi connectivity index (χ4v) is 18.8. The van der Waals surface area contributed by atoms with E-state index in [4.69, 9.17) is 0 Å². The highest BCUT2D eigenvalue weighted by molar-refractivity contribution is 9.09. The maximum Gasteiger partial charge on any atom is 0.150 e. The van der Waals surface area contributed by atoms with E-state index in [9.17, 15) is 19.8 Å². The van der Waals surface area contributed by atoms with E-state index in [2.05, 4.69) is 74.3 Å². The number of aliphatic hydroxyl groups is 2. The predicted octanol–water partition coefficient (Wildman–Crippen LogP) is 11.6. The van der Waals surface area contributed by atoms with Gasteiger partial charge in [0.05, 0.1) is 23.1 Å². The van der Waals surface area contributed by atoms with Crippen molar-refractivity contribution in [3.05, 3.63) is 0 Å². The molecule has 8 saturated carbocycles. The molecule has 0 aromatic heterocycles. The van der Waals surface area contributed by atoms with Crippen LogP contribution in [-0.4, -0.2) is 87.9 Å². The number of nitrogens with zero attached hydrogens (tertiary/aromatic N) is 2. The molecular weight excluding hydrogens is 808 g/mol. The lowest BCUT2D eigenvalue weighted by Gasteiger charge is -2.63. The van der Waals surface area contributed by atoms with E-state index in [0.717, 1.165) is 100 Å². The van der Waals surface area contributed by atoms with E-state index in [0.29, 0.717) is 46.1 Å². The summed E-state index contributed by atoms with van der Waals surface area (Å²) in [6, 6.07) is 0. The zero-order chi connectivity index (χ0) is 41.5. The first-order valence-electron chi connectivity index (χ1n) is 24.9. The van der Waals surface area contributed by atoms with E-state index in [-0.39, 0.29) is 37.5 Å². The average Bonchev–Trinajstić information content (AvgIpc) is 3.74. The highest BCUT2D eigenvalue weighted by Gasteiger charge is 2.64. The number of rotatable bonds is 7. The first-order chi connectivity index (χ1) is 27.5. The molecule has 1 aliphatic heterocycles. The van der Waals surface area contributed by atoms with Gasteiger partial charge in [0.25, 0.3) is 0 Å². The molecule has 9 fully saturated rings. The minimum absolute atomic E-state index is 0. The summed E-state index contributed by atoms with van der Waals surface area (Å²) in [6.45, 7) is 18.9. The normalized spacial score (nSPS) is 49.8. The monoisotopic (exact) mass is 901 g/mol. The van der Waals surface area contributed by atoms with Crippen LogP contribution in [0, 0.1) is 80.8 Å². The molecule has 9 aliphatic rings. The number of fused-ring (bicyclic) bond motifs is 10. The van der Waals surface area contributed by atoms with Gasteiger partial charge in [-0.15, -0.1) is 0 Å². The van der Waals surface area contributed by atoms with Crippen molar-refractivity contribution in [3.63, 3.8) is 0 Å². The molecule has 7 heteroatoms. The van der Waals surface area contributed by atoms with E-state index < -0.39 is 11.2 Å². The number of Topliss-reactive ketones (excluding diaryl/α,β-unsaturated/α-hetero) is 2. The largest absolute Gasteiger partial charge is 0.390 e. The van der Waals surface area contributed by atoms with Gasteiger partial charge in [-0.25, -0.2) is 0 Å². The molecule has 0 aromatic rings. The summed E-state index contributed by atoms with van der Waals surface area (Å²) in [4.78, 5) is 30.9. The molecule has 2 N–H and O–H groups in total. The molecule has 0 spiro atoms. The molecule has 0 amide bonds. The van der Waals surface area contributed by atoms with Crippen LogP contribution in [0.25, 0.3) is 0 Å². The van der Waals surface area contributed by atoms with Gasteiger partial charge in [-0.1, -0.05) is 58.5 Å². The van der Waals surface area contributed by atoms with Crippen LogP contribution < -0.4 is 0 Å². The molecule has 60 heavy (non-hydrogen) atoms.